The van der Waals surface area contributed by atoms with Gasteiger partial charge in [0.2, 0.25) is 5.88 Å². The lowest BCUT2D eigenvalue weighted by Gasteiger charge is -1.97. The highest BCUT2D eigenvalue weighted by Gasteiger charge is 2.06. The molecule has 2 heterocycles. The Balaban J connectivity index is 2.21. The number of ether oxygens (including phenoxy) is 1. The quantitative estimate of drug-likeness (QED) is 0.817. The van der Waals surface area contributed by atoms with E-state index >= 15 is 0 Å². The van der Waals surface area contributed by atoms with E-state index < -0.39 is 0 Å². The molecule has 0 spiro atoms. The molecule has 0 saturated carbocycles. The van der Waals surface area contributed by atoms with Gasteiger partial charge in [0, 0.05) is 11.4 Å². The van der Waals surface area contributed by atoms with Crippen molar-refractivity contribution in [2.45, 2.75) is 19.8 Å². The van der Waals surface area contributed by atoms with Crippen molar-refractivity contribution in [3.05, 3.63) is 23.2 Å². The average Bonchev–Trinajstić information content (AvgIpc) is 2.78. The zero-order chi connectivity index (χ0) is 11.4. The van der Waals surface area contributed by atoms with Crippen molar-refractivity contribution in [3.63, 3.8) is 0 Å². The predicted molar refractivity (Wildman–Crippen MR) is 63.7 cm³/mol. The van der Waals surface area contributed by atoms with Gasteiger partial charge in [0.05, 0.1) is 12.8 Å². The molecule has 0 N–H and O–H groups in total. The van der Waals surface area contributed by atoms with E-state index in [0.717, 1.165) is 29.2 Å². The van der Waals surface area contributed by atoms with Gasteiger partial charge in [0.15, 0.2) is 0 Å². The smallest absolute Gasteiger partial charge is 0.233 e. The van der Waals surface area contributed by atoms with E-state index in [1.165, 1.54) is 0 Å². The average molecular weight is 235 g/mol. The summed E-state index contributed by atoms with van der Waals surface area (Å²) in [6, 6.07) is 3.67. The predicted octanol–water partition coefficient (Wildman–Crippen LogP) is 2.56. The lowest BCUT2D eigenvalue weighted by Crippen LogP contribution is -1.92. The Kier molecular flexibility index (Phi) is 3.46. The van der Waals surface area contributed by atoms with Crippen LogP contribution in [0.3, 0.4) is 0 Å². The van der Waals surface area contributed by atoms with Gasteiger partial charge in [-0.05, 0) is 12.5 Å². The summed E-state index contributed by atoms with van der Waals surface area (Å²) in [4.78, 5) is 4.50. The first kappa shape index (κ1) is 11.0. The minimum atomic E-state index is 0.522. The number of aromatic nitrogens is 3. The molecule has 0 aromatic carbocycles. The van der Waals surface area contributed by atoms with Crippen LogP contribution in [0.1, 0.15) is 19.0 Å². The number of hydrogen-bond donors (Lipinski definition) is 0. The largest absolute Gasteiger partial charge is 0.480 e. The second-order valence-electron chi connectivity index (χ2n) is 3.35. The summed E-state index contributed by atoms with van der Waals surface area (Å²) in [5.41, 5.74) is 1.92. The summed E-state index contributed by atoms with van der Waals surface area (Å²) in [6.45, 7) is 2.15. The molecule has 0 aliphatic carbocycles. The third-order valence-electron chi connectivity index (χ3n) is 2.13. The number of hydrogen-bond acceptors (Lipinski definition) is 5. The minimum absolute atomic E-state index is 0.522. The van der Waals surface area contributed by atoms with Crippen LogP contribution in [0.15, 0.2) is 17.5 Å². The Morgan fingerprint density at radius 3 is 2.81 bits per heavy atom. The summed E-state index contributed by atoms with van der Waals surface area (Å²) in [7, 11) is 1.58. The summed E-state index contributed by atoms with van der Waals surface area (Å²) < 4.78 is 4.96. The molecule has 2 aromatic rings. The molecule has 84 valence electrons. The molecule has 2 aromatic heterocycles. The second kappa shape index (κ2) is 5.03. The maximum Gasteiger partial charge on any atom is 0.233 e. The number of nitrogens with zero attached hydrogens (tertiary/aromatic N) is 3. The second-order valence-corrected chi connectivity index (χ2v) is 4.21. The lowest BCUT2D eigenvalue weighted by molar-refractivity contribution is 0.392. The number of methoxy groups -OCH3 is 1. The van der Waals surface area contributed by atoms with Crippen molar-refractivity contribution in [2.24, 2.45) is 0 Å². The fourth-order valence-corrected chi connectivity index (χ4v) is 2.16. The van der Waals surface area contributed by atoms with Crippen LogP contribution in [0.25, 0.3) is 10.7 Å². The molecule has 0 aliphatic heterocycles. The van der Waals surface area contributed by atoms with Crippen LogP contribution in [0.2, 0.25) is 0 Å². The van der Waals surface area contributed by atoms with Gasteiger partial charge in [-0.2, -0.15) is 0 Å². The van der Waals surface area contributed by atoms with Crippen molar-refractivity contribution < 1.29 is 4.74 Å². The van der Waals surface area contributed by atoms with E-state index in [2.05, 4.69) is 27.5 Å². The zero-order valence-corrected chi connectivity index (χ0v) is 10.1. The van der Waals surface area contributed by atoms with Crippen LogP contribution < -0.4 is 4.74 Å². The highest BCUT2D eigenvalue weighted by Crippen LogP contribution is 2.22. The van der Waals surface area contributed by atoms with Gasteiger partial charge in [0.1, 0.15) is 10.7 Å². The van der Waals surface area contributed by atoms with Gasteiger partial charge in [-0.25, -0.2) is 4.98 Å². The third-order valence-corrected chi connectivity index (χ3v) is 3.04. The molecule has 0 radical (unpaired) electrons. The molecule has 2 rings (SSSR count). The molecule has 0 saturated heterocycles. The number of rotatable bonds is 4. The van der Waals surface area contributed by atoms with E-state index in [1.54, 1.807) is 24.5 Å². The number of aryl methyl sites for hydroxylation is 1. The lowest BCUT2D eigenvalue weighted by atomic mass is 10.3. The van der Waals surface area contributed by atoms with Gasteiger partial charge in [-0.1, -0.05) is 13.3 Å². The molecular weight excluding hydrogens is 222 g/mol. The Morgan fingerprint density at radius 2 is 2.19 bits per heavy atom. The van der Waals surface area contributed by atoms with Crippen molar-refractivity contribution >= 4 is 11.3 Å². The summed E-state index contributed by atoms with van der Waals surface area (Å²) in [5, 5.41) is 11.0. The molecule has 0 aliphatic rings. The minimum Gasteiger partial charge on any atom is -0.480 e. The van der Waals surface area contributed by atoms with Crippen LogP contribution >= 0.6 is 11.3 Å². The van der Waals surface area contributed by atoms with Crippen LogP contribution in [0.4, 0.5) is 0 Å². The van der Waals surface area contributed by atoms with Crippen LogP contribution in [0.5, 0.6) is 5.88 Å². The maximum absolute atomic E-state index is 4.96. The standard InChI is InChI=1S/C11H13N3OS/c1-3-4-8-7-16-11(12-8)9-5-6-10(15-2)14-13-9/h5-7H,3-4H2,1-2H3. The van der Waals surface area contributed by atoms with Gasteiger partial charge >= 0.3 is 0 Å². The van der Waals surface area contributed by atoms with E-state index in [1.807, 2.05) is 6.07 Å². The summed E-state index contributed by atoms with van der Waals surface area (Å²) in [6.07, 6.45) is 2.12. The zero-order valence-electron chi connectivity index (χ0n) is 9.30. The SMILES string of the molecule is CCCc1csc(-c2ccc(OC)nn2)n1. The Labute approximate surface area is 98.3 Å². The Hall–Kier alpha value is -1.49. The first-order chi connectivity index (χ1) is 7.83. The van der Waals surface area contributed by atoms with E-state index in [-0.39, 0.29) is 0 Å². The normalized spacial score (nSPS) is 10.4. The first-order valence-corrected chi connectivity index (χ1v) is 6.04. The molecule has 16 heavy (non-hydrogen) atoms. The van der Waals surface area contributed by atoms with Gasteiger partial charge < -0.3 is 4.74 Å². The fraction of sp³-hybridized carbons (Fsp3) is 0.364. The van der Waals surface area contributed by atoms with Gasteiger partial charge in [-0.3, -0.25) is 0 Å². The van der Waals surface area contributed by atoms with Crippen LogP contribution in [-0.2, 0) is 6.42 Å². The summed E-state index contributed by atoms with van der Waals surface area (Å²) >= 11 is 1.60. The third kappa shape index (κ3) is 2.36. The van der Waals surface area contributed by atoms with Crippen molar-refractivity contribution in [2.75, 3.05) is 7.11 Å². The highest BCUT2D eigenvalue weighted by molar-refractivity contribution is 7.13. The molecule has 5 heteroatoms. The molecule has 0 atom stereocenters. The molecule has 0 unspecified atom stereocenters. The monoisotopic (exact) mass is 235 g/mol. The van der Waals surface area contributed by atoms with Crippen LogP contribution in [0, 0.1) is 0 Å². The molecule has 4 nitrogen and oxygen atoms in total. The van der Waals surface area contributed by atoms with Crippen molar-refractivity contribution in [1.29, 1.82) is 0 Å². The topological polar surface area (TPSA) is 47.9 Å². The van der Waals surface area contributed by atoms with Gasteiger partial charge in [-0.15, -0.1) is 21.5 Å². The summed E-state index contributed by atoms with van der Waals surface area (Å²) in [5.74, 6) is 0.522. The van der Waals surface area contributed by atoms with E-state index in [4.69, 9.17) is 4.74 Å². The van der Waals surface area contributed by atoms with Crippen molar-refractivity contribution in [3.8, 4) is 16.6 Å². The first-order valence-electron chi connectivity index (χ1n) is 5.16. The van der Waals surface area contributed by atoms with Crippen molar-refractivity contribution in [1.82, 2.24) is 15.2 Å². The molecule has 0 amide bonds. The highest BCUT2D eigenvalue weighted by atomic mass is 32.1. The fourth-order valence-electron chi connectivity index (χ4n) is 1.34. The van der Waals surface area contributed by atoms with Gasteiger partial charge in [0.25, 0.3) is 0 Å². The number of thiazole rings is 1. The van der Waals surface area contributed by atoms with E-state index in [0.29, 0.717) is 5.88 Å². The van der Waals surface area contributed by atoms with Crippen LogP contribution in [-0.4, -0.2) is 22.3 Å². The van der Waals surface area contributed by atoms with E-state index in [9.17, 15) is 0 Å². The molecule has 0 fully saturated rings. The Bertz CT molecular complexity index is 453. The maximum atomic E-state index is 4.96. The molecule has 0 bridgehead atoms. The Morgan fingerprint density at radius 1 is 1.31 bits per heavy atom. The molecular formula is C11H13N3OS.